The summed E-state index contributed by atoms with van der Waals surface area (Å²) in [5.74, 6) is 0.0592. The number of aromatic nitrogens is 2. The van der Waals surface area contributed by atoms with Gasteiger partial charge in [-0.2, -0.15) is 0 Å². The number of aryl methyl sites for hydroxylation is 2. The monoisotopic (exact) mass is 643 g/mol. The molecule has 1 unspecified atom stereocenters. The highest BCUT2D eigenvalue weighted by Gasteiger charge is 2.49. The van der Waals surface area contributed by atoms with Gasteiger partial charge in [0.1, 0.15) is 35.7 Å². The van der Waals surface area contributed by atoms with Crippen molar-refractivity contribution in [2.45, 2.75) is 36.6 Å². The highest BCUT2D eigenvalue weighted by atomic mass is 35.5. The largest absolute Gasteiger partial charge is 0.507 e. The molecule has 2 aromatic heterocycles. The molecule has 0 saturated carbocycles. The number of thioether (sulfide) groups is 1. The third-order valence-electron chi connectivity index (χ3n) is 7.00. The van der Waals surface area contributed by atoms with E-state index in [0.717, 1.165) is 16.7 Å². The minimum Gasteiger partial charge on any atom is -0.507 e. The lowest BCUT2D eigenvalue weighted by Crippen LogP contribution is -2.29. The van der Waals surface area contributed by atoms with E-state index < -0.39 is 17.7 Å². The number of aliphatic hydroxyl groups is 1. The van der Waals surface area contributed by atoms with Gasteiger partial charge < -0.3 is 14.3 Å². The lowest BCUT2D eigenvalue weighted by Gasteiger charge is -2.20. The Hall–Kier alpha value is -4.38. The second-order valence-electron chi connectivity index (χ2n) is 10.2. The highest BCUT2D eigenvalue weighted by molar-refractivity contribution is 8.00. The van der Waals surface area contributed by atoms with Crippen molar-refractivity contribution in [1.82, 2.24) is 10.2 Å². The van der Waals surface area contributed by atoms with Crippen LogP contribution in [-0.2, 0) is 21.9 Å². The van der Waals surface area contributed by atoms with E-state index >= 15 is 0 Å². The van der Waals surface area contributed by atoms with Crippen molar-refractivity contribution in [1.29, 1.82) is 0 Å². The molecule has 3 aromatic carbocycles. The topological polar surface area (TPSA) is 106 Å². The van der Waals surface area contributed by atoms with Crippen molar-refractivity contribution in [2.24, 2.45) is 0 Å². The smallest absolute Gasteiger partial charge is 0.302 e. The molecule has 1 fully saturated rings. The van der Waals surface area contributed by atoms with E-state index in [9.17, 15) is 14.7 Å². The molecule has 11 heteroatoms. The Morgan fingerprint density at radius 2 is 1.82 bits per heavy atom. The van der Waals surface area contributed by atoms with E-state index in [1.165, 1.54) is 28.0 Å². The van der Waals surface area contributed by atoms with Crippen LogP contribution in [0.25, 0.3) is 5.76 Å². The molecule has 1 aliphatic rings. The minimum atomic E-state index is -1.03. The molecule has 44 heavy (non-hydrogen) atoms. The second-order valence-corrected chi connectivity index (χ2v) is 12.7. The number of amides is 1. The van der Waals surface area contributed by atoms with Gasteiger partial charge in [0.15, 0.2) is 4.34 Å². The summed E-state index contributed by atoms with van der Waals surface area (Å²) in [6.07, 6.45) is 0. The van der Waals surface area contributed by atoms with E-state index in [2.05, 4.69) is 10.2 Å². The average molecular weight is 644 g/mol. The molecule has 1 N–H and O–H groups in total. The van der Waals surface area contributed by atoms with Crippen LogP contribution in [0.15, 0.2) is 99.3 Å². The number of ether oxygens (including phenoxy) is 1. The number of hydrogen-bond acceptors (Lipinski definition) is 9. The van der Waals surface area contributed by atoms with Crippen molar-refractivity contribution in [2.75, 3.05) is 4.90 Å². The maximum atomic E-state index is 13.5. The predicted molar refractivity (Wildman–Crippen MR) is 171 cm³/mol. The molecular weight excluding hydrogens is 618 g/mol. The lowest BCUT2D eigenvalue weighted by molar-refractivity contribution is -0.132. The van der Waals surface area contributed by atoms with Crippen molar-refractivity contribution in [3.63, 3.8) is 0 Å². The van der Waals surface area contributed by atoms with E-state index in [4.69, 9.17) is 20.8 Å². The average Bonchev–Trinajstić information content (AvgIpc) is 3.73. The van der Waals surface area contributed by atoms with Crippen LogP contribution >= 0.6 is 34.7 Å². The molecular formula is C33H26ClN3O5S2. The van der Waals surface area contributed by atoms with Gasteiger partial charge in [0.05, 0.1) is 5.57 Å². The summed E-state index contributed by atoms with van der Waals surface area (Å²) < 4.78 is 12.4. The molecule has 8 nitrogen and oxygen atoms in total. The number of furan rings is 1. The van der Waals surface area contributed by atoms with Crippen LogP contribution < -0.4 is 9.64 Å². The summed E-state index contributed by atoms with van der Waals surface area (Å²) in [5, 5.41) is 20.8. The fourth-order valence-corrected chi connectivity index (χ4v) is 7.00. The first-order chi connectivity index (χ1) is 21.3. The number of carbonyl (C=O) groups excluding carboxylic acids is 2. The number of ketones is 1. The van der Waals surface area contributed by atoms with Crippen molar-refractivity contribution < 1.29 is 23.8 Å². The lowest BCUT2D eigenvalue weighted by atomic mass is 9.99. The number of benzene rings is 3. The van der Waals surface area contributed by atoms with Crippen molar-refractivity contribution in [3.8, 4) is 5.75 Å². The van der Waals surface area contributed by atoms with Gasteiger partial charge in [-0.15, -0.1) is 10.2 Å². The highest BCUT2D eigenvalue weighted by Crippen LogP contribution is 2.44. The Bertz CT molecular complexity index is 1880. The molecule has 5 aromatic rings. The minimum absolute atomic E-state index is 0.0988. The van der Waals surface area contributed by atoms with Crippen molar-refractivity contribution >= 4 is 57.3 Å². The van der Waals surface area contributed by atoms with Crippen LogP contribution in [0.5, 0.6) is 5.75 Å². The molecule has 6 rings (SSSR count). The fourth-order valence-electron chi connectivity index (χ4n) is 4.85. The number of anilines is 1. The molecule has 0 aliphatic carbocycles. The normalized spacial score (nSPS) is 16.1. The predicted octanol–water partition coefficient (Wildman–Crippen LogP) is 7.90. The third kappa shape index (κ3) is 6.14. The van der Waals surface area contributed by atoms with Crippen LogP contribution in [0, 0.1) is 13.8 Å². The van der Waals surface area contributed by atoms with Crippen LogP contribution in [0.4, 0.5) is 5.13 Å². The summed E-state index contributed by atoms with van der Waals surface area (Å²) >= 11 is 8.88. The zero-order valence-electron chi connectivity index (χ0n) is 23.7. The zero-order valence-corrected chi connectivity index (χ0v) is 26.1. The summed E-state index contributed by atoms with van der Waals surface area (Å²) in [5.41, 5.74) is 3.37. The molecule has 1 amide bonds. The quantitative estimate of drug-likeness (QED) is 0.0568. The molecule has 0 radical (unpaired) electrons. The summed E-state index contributed by atoms with van der Waals surface area (Å²) in [6, 6.07) is 24.6. The SMILES string of the molecule is Cc1cccc(COc2ccc(C(O)=C3C(=O)C(=O)N(c4nnc(SCc5ccccc5Cl)s4)C3c3ccc(C)o3)cc2)c1. The standard InChI is InChI=1S/C33H26ClN3O5S2/c1-19-6-5-7-21(16-19)17-41-24-13-11-22(12-14-24)29(38)27-28(26-15-10-20(2)42-26)37(31(40)30(27)39)32-35-36-33(44-32)43-18-23-8-3-4-9-25(23)34/h3-16,28,38H,17-18H2,1-2H3. The zero-order chi connectivity index (χ0) is 30.8. The molecule has 1 aliphatic heterocycles. The van der Waals surface area contributed by atoms with Crippen molar-refractivity contribution in [3.05, 3.63) is 129 Å². The van der Waals surface area contributed by atoms with E-state index in [0.29, 0.717) is 44.6 Å². The van der Waals surface area contributed by atoms with Crippen LogP contribution in [0.2, 0.25) is 5.02 Å². The van der Waals surface area contributed by atoms with Gasteiger partial charge in [-0.1, -0.05) is 82.7 Å². The number of Topliss-reactive ketones (excluding diaryl/α,β-unsaturated/α-hetero) is 1. The maximum Gasteiger partial charge on any atom is 0.302 e. The molecule has 222 valence electrons. The van der Waals surface area contributed by atoms with Crippen LogP contribution in [0.3, 0.4) is 0 Å². The van der Waals surface area contributed by atoms with Gasteiger partial charge in [-0.25, -0.2) is 0 Å². The summed E-state index contributed by atoms with van der Waals surface area (Å²) in [6.45, 7) is 4.17. The second kappa shape index (κ2) is 12.7. The number of rotatable bonds is 9. The maximum absolute atomic E-state index is 13.5. The van der Waals surface area contributed by atoms with Gasteiger partial charge in [-0.3, -0.25) is 14.5 Å². The van der Waals surface area contributed by atoms with Gasteiger partial charge in [0.25, 0.3) is 5.78 Å². The molecule has 3 heterocycles. The van der Waals surface area contributed by atoms with E-state index in [-0.39, 0.29) is 16.5 Å². The Balaban J connectivity index is 1.28. The van der Waals surface area contributed by atoms with Crippen LogP contribution in [-0.4, -0.2) is 27.0 Å². The van der Waals surface area contributed by atoms with Gasteiger partial charge in [0, 0.05) is 16.3 Å². The molecule has 1 saturated heterocycles. The molecule has 0 bridgehead atoms. The number of halogens is 1. The van der Waals surface area contributed by atoms with E-state index in [1.807, 2.05) is 55.5 Å². The number of nitrogens with zero attached hydrogens (tertiary/aromatic N) is 3. The third-order valence-corrected chi connectivity index (χ3v) is 9.48. The number of carbonyl (C=O) groups is 2. The Morgan fingerprint density at radius 3 is 2.55 bits per heavy atom. The van der Waals surface area contributed by atoms with Gasteiger partial charge in [-0.05, 0) is 67.4 Å². The Morgan fingerprint density at radius 1 is 1.02 bits per heavy atom. The molecule has 0 spiro atoms. The first kappa shape index (κ1) is 29.7. The van der Waals surface area contributed by atoms with Gasteiger partial charge >= 0.3 is 5.91 Å². The van der Waals surface area contributed by atoms with E-state index in [1.54, 1.807) is 43.3 Å². The number of aliphatic hydroxyl groups excluding tert-OH is 1. The summed E-state index contributed by atoms with van der Waals surface area (Å²) in [7, 11) is 0. The summed E-state index contributed by atoms with van der Waals surface area (Å²) in [4.78, 5) is 28.2. The number of hydrogen-bond donors (Lipinski definition) is 1. The first-order valence-electron chi connectivity index (χ1n) is 13.6. The van der Waals surface area contributed by atoms with Crippen LogP contribution in [0.1, 0.15) is 39.8 Å². The van der Waals surface area contributed by atoms with Gasteiger partial charge in [0.2, 0.25) is 5.13 Å². The Labute approximate surface area is 267 Å². The fraction of sp³-hybridized carbons (Fsp3) is 0.152. The Kier molecular flexibility index (Phi) is 8.56. The first-order valence-corrected chi connectivity index (χ1v) is 15.8. The molecule has 1 atom stereocenters.